The number of rotatable bonds is 5. The number of aryl methyl sites for hydroxylation is 3. The van der Waals surface area contributed by atoms with Gasteiger partial charge in [0.1, 0.15) is 16.3 Å². The fraction of sp³-hybridized carbons (Fsp3) is 0.417. The molecule has 3 aromatic rings. The van der Waals surface area contributed by atoms with Crippen molar-refractivity contribution in [2.75, 3.05) is 40.4 Å². The molecule has 4 rings (SSSR count). The molecule has 0 atom stereocenters. The first kappa shape index (κ1) is 21.6. The third-order valence-corrected chi connectivity index (χ3v) is 7.13. The van der Waals surface area contributed by atoms with Gasteiger partial charge >= 0.3 is 0 Å². The van der Waals surface area contributed by atoms with Crippen molar-refractivity contribution in [1.29, 1.82) is 0 Å². The summed E-state index contributed by atoms with van der Waals surface area (Å²) in [6.07, 6.45) is 0. The lowest BCUT2D eigenvalue weighted by molar-refractivity contribution is 0.0631. The summed E-state index contributed by atoms with van der Waals surface area (Å²) < 4.78 is 10.9. The first-order valence-corrected chi connectivity index (χ1v) is 11.3. The molecule has 1 aliphatic rings. The predicted molar refractivity (Wildman–Crippen MR) is 125 cm³/mol. The minimum Gasteiger partial charge on any atom is -0.497 e. The topological polar surface area (TPSA) is 54.9 Å². The second kappa shape index (κ2) is 8.85. The normalized spacial score (nSPS) is 14.8. The molecule has 31 heavy (non-hydrogen) atoms. The summed E-state index contributed by atoms with van der Waals surface area (Å²) in [7, 11) is 3.36. The van der Waals surface area contributed by atoms with Crippen molar-refractivity contribution in [3.05, 3.63) is 51.5 Å². The molecule has 164 valence electrons. The summed E-state index contributed by atoms with van der Waals surface area (Å²) in [4.78, 5) is 24.0. The van der Waals surface area contributed by atoms with Gasteiger partial charge in [0.15, 0.2) is 0 Å². The Morgan fingerprint density at radius 1 is 1.06 bits per heavy atom. The van der Waals surface area contributed by atoms with Crippen LogP contribution < -0.4 is 9.47 Å². The molecule has 1 aromatic carbocycles. The van der Waals surface area contributed by atoms with E-state index in [2.05, 4.69) is 22.9 Å². The maximum absolute atomic E-state index is 13.3. The molecule has 2 aromatic heterocycles. The van der Waals surface area contributed by atoms with E-state index in [0.717, 1.165) is 63.0 Å². The first-order valence-electron chi connectivity index (χ1n) is 10.5. The molecule has 1 fully saturated rings. The average Bonchev–Trinajstić information content (AvgIpc) is 3.10. The fourth-order valence-electron chi connectivity index (χ4n) is 4.32. The third kappa shape index (κ3) is 4.25. The Balaban J connectivity index is 1.46. The number of methoxy groups -OCH3 is 2. The Labute approximate surface area is 187 Å². The number of amides is 1. The second-order valence-electron chi connectivity index (χ2n) is 8.06. The van der Waals surface area contributed by atoms with Crippen molar-refractivity contribution in [3.63, 3.8) is 0 Å². The molecular formula is C24H29N3O3S. The van der Waals surface area contributed by atoms with E-state index in [1.807, 2.05) is 36.9 Å². The van der Waals surface area contributed by atoms with E-state index >= 15 is 0 Å². The summed E-state index contributed by atoms with van der Waals surface area (Å²) in [5, 5.41) is 1.13. The number of pyridine rings is 1. The number of piperazine rings is 1. The van der Waals surface area contributed by atoms with Crippen molar-refractivity contribution in [2.24, 2.45) is 0 Å². The summed E-state index contributed by atoms with van der Waals surface area (Å²) in [5.74, 6) is 1.80. The molecule has 0 saturated carbocycles. The van der Waals surface area contributed by atoms with Gasteiger partial charge in [-0.3, -0.25) is 9.69 Å². The quantitative estimate of drug-likeness (QED) is 0.597. The van der Waals surface area contributed by atoms with Crippen LogP contribution in [0.15, 0.2) is 24.3 Å². The number of fused-ring (bicyclic) bond motifs is 1. The average molecular weight is 440 g/mol. The van der Waals surface area contributed by atoms with Crippen LogP contribution in [0, 0.1) is 20.8 Å². The zero-order valence-electron chi connectivity index (χ0n) is 18.8. The number of nitrogens with zero attached hydrogens (tertiary/aromatic N) is 3. The number of ether oxygens (including phenoxy) is 2. The van der Waals surface area contributed by atoms with Gasteiger partial charge in [-0.1, -0.05) is 0 Å². The fourth-order valence-corrected chi connectivity index (χ4v) is 5.59. The summed E-state index contributed by atoms with van der Waals surface area (Å²) in [5.41, 5.74) is 4.33. The van der Waals surface area contributed by atoms with Gasteiger partial charge in [0.25, 0.3) is 5.91 Å². The number of aromatic nitrogens is 1. The first-order chi connectivity index (χ1) is 14.9. The van der Waals surface area contributed by atoms with Crippen LogP contribution in [-0.2, 0) is 6.54 Å². The van der Waals surface area contributed by atoms with E-state index in [1.165, 1.54) is 16.9 Å². The number of hydrogen-bond donors (Lipinski definition) is 0. The highest BCUT2D eigenvalue weighted by Crippen LogP contribution is 2.33. The molecule has 0 aliphatic carbocycles. The van der Waals surface area contributed by atoms with Gasteiger partial charge in [0, 0.05) is 49.4 Å². The van der Waals surface area contributed by atoms with Crippen molar-refractivity contribution in [1.82, 2.24) is 14.8 Å². The standard InChI is InChI=1S/C24H29N3O3S/c1-15-12-16(2)25-23-21(15)17(3)22(31-23)24(28)27-10-8-26(9-11-27)14-18-13-19(29-4)6-7-20(18)30-5/h6-7,12-13H,8-11,14H2,1-5H3. The molecular weight excluding hydrogens is 410 g/mol. The van der Waals surface area contributed by atoms with Crippen LogP contribution in [0.1, 0.15) is 32.1 Å². The number of thiophene rings is 1. The maximum atomic E-state index is 13.3. The number of carbonyl (C=O) groups is 1. The number of benzene rings is 1. The summed E-state index contributed by atoms with van der Waals surface area (Å²) >= 11 is 1.52. The van der Waals surface area contributed by atoms with Gasteiger partial charge < -0.3 is 14.4 Å². The Morgan fingerprint density at radius 2 is 1.81 bits per heavy atom. The molecule has 0 N–H and O–H groups in total. The van der Waals surface area contributed by atoms with Gasteiger partial charge in [0.05, 0.1) is 19.1 Å². The SMILES string of the molecule is COc1ccc(OC)c(CN2CCN(C(=O)c3sc4nc(C)cc(C)c4c3C)CC2)c1. The minimum atomic E-state index is 0.121. The molecule has 6 nitrogen and oxygen atoms in total. The van der Waals surface area contributed by atoms with E-state index in [4.69, 9.17) is 9.47 Å². The zero-order chi connectivity index (χ0) is 22.1. The van der Waals surface area contributed by atoms with Gasteiger partial charge in [-0.25, -0.2) is 4.98 Å². The van der Waals surface area contributed by atoms with Crippen molar-refractivity contribution in [2.45, 2.75) is 27.3 Å². The Kier molecular flexibility index (Phi) is 6.16. The van der Waals surface area contributed by atoms with E-state index in [-0.39, 0.29) is 5.91 Å². The van der Waals surface area contributed by atoms with Crippen LogP contribution in [0.2, 0.25) is 0 Å². The lowest BCUT2D eigenvalue weighted by atomic mass is 10.1. The van der Waals surface area contributed by atoms with Crippen molar-refractivity contribution >= 4 is 27.5 Å². The van der Waals surface area contributed by atoms with Crippen LogP contribution in [0.4, 0.5) is 0 Å². The largest absolute Gasteiger partial charge is 0.497 e. The summed E-state index contributed by atoms with van der Waals surface area (Å²) in [6, 6.07) is 7.95. The van der Waals surface area contributed by atoms with Crippen LogP contribution in [-0.4, -0.2) is 61.1 Å². The molecule has 1 amide bonds. The molecule has 0 spiro atoms. The van der Waals surface area contributed by atoms with Gasteiger partial charge in [-0.05, 0) is 56.2 Å². The highest BCUT2D eigenvalue weighted by molar-refractivity contribution is 7.20. The van der Waals surface area contributed by atoms with Gasteiger partial charge in [-0.15, -0.1) is 11.3 Å². The Hall–Kier alpha value is -2.64. The Morgan fingerprint density at radius 3 is 2.48 bits per heavy atom. The van der Waals surface area contributed by atoms with Crippen molar-refractivity contribution < 1.29 is 14.3 Å². The molecule has 0 bridgehead atoms. The lowest BCUT2D eigenvalue weighted by Crippen LogP contribution is -2.48. The predicted octanol–water partition coefficient (Wildman–Crippen LogP) is 4.20. The third-order valence-electron chi connectivity index (χ3n) is 5.96. The van der Waals surface area contributed by atoms with Gasteiger partial charge in [-0.2, -0.15) is 0 Å². The molecule has 1 aliphatic heterocycles. The molecule has 0 unspecified atom stereocenters. The summed E-state index contributed by atoms with van der Waals surface area (Å²) in [6.45, 7) is 9.98. The molecule has 1 saturated heterocycles. The van der Waals surface area contributed by atoms with Crippen LogP contribution in [0.5, 0.6) is 11.5 Å². The van der Waals surface area contributed by atoms with E-state index < -0.39 is 0 Å². The molecule has 7 heteroatoms. The van der Waals surface area contributed by atoms with E-state index in [9.17, 15) is 4.79 Å². The minimum absolute atomic E-state index is 0.121. The lowest BCUT2D eigenvalue weighted by Gasteiger charge is -2.35. The van der Waals surface area contributed by atoms with Crippen molar-refractivity contribution in [3.8, 4) is 11.5 Å². The number of carbonyl (C=O) groups excluding carboxylic acids is 1. The smallest absolute Gasteiger partial charge is 0.264 e. The maximum Gasteiger partial charge on any atom is 0.264 e. The molecule has 0 radical (unpaired) electrons. The second-order valence-corrected chi connectivity index (χ2v) is 9.06. The molecule has 3 heterocycles. The van der Waals surface area contributed by atoms with Crippen LogP contribution in [0.25, 0.3) is 10.2 Å². The van der Waals surface area contributed by atoms with Crippen LogP contribution in [0.3, 0.4) is 0 Å². The van der Waals surface area contributed by atoms with Crippen LogP contribution >= 0.6 is 11.3 Å². The van der Waals surface area contributed by atoms with E-state index in [1.54, 1.807) is 14.2 Å². The highest BCUT2D eigenvalue weighted by atomic mass is 32.1. The van der Waals surface area contributed by atoms with E-state index in [0.29, 0.717) is 13.1 Å². The zero-order valence-corrected chi connectivity index (χ0v) is 19.6. The Bertz CT molecular complexity index is 1120. The number of hydrogen-bond acceptors (Lipinski definition) is 6. The highest BCUT2D eigenvalue weighted by Gasteiger charge is 2.26. The van der Waals surface area contributed by atoms with Gasteiger partial charge in [0.2, 0.25) is 0 Å². The monoisotopic (exact) mass is 439 g/mol.